The van der Waals surface area contributed by atoms with E-state index in [0.717, 1.165) is 11.4 Å². The highest BCUT2D eigenvalue weighted by atomic mass is 15.4. The maximum Gasteiger partial charge on any atom is 0.0869 e. The van der Waals surface area contributed by atoms with Crippen LogP contribution in [0.2, 0.25) is 0 Å². The molecule has 2 rings (SSSR count). The molecule has 0 radical (unpaired) electrons. The van der Waals surface area contributed by atoms with Gasteiger partial charge in [-0.2, -0.15) is 0 Å². The summed E-state index contributed by atoms with van der Waals surface area (Å²) in [4.78, 5) is 0. The van der Waals surface area contributed by atoms with Crippen LogP contribution < -0.4 is 21.9 Å². The van der Waals surface area contributed by atoms with Crippen LogP contribution in [0.3, 0.4) is 0 Å². The molecule has 12 heavy (non-hydrogen) atoms. The lowest BCUT2D eigenvalue weighted by atomic mass is 10.2. The van der Waals surface area contributed by atoms with E-state index in [1.807, 2.05) is 18.2 Å². The molecule has 1 aliphatic rings. The molecule has 0 amide bonds. The van der Waals surface area contributed by atoms with Crippen molar-refractivity contribution in [3.63, 3.8) is 0 Å². The highest BCUT2D eigenvalue weighted by molar-refractivity contribution is 5.84. The number of hydrazine groups is 1. The lowest BCUT2D eigenvalue weighted by Crippen LogP contribution is -2.27. The van der Waals surface area contributed by atoms with Crippen molar-refractivity contribution in [1.82, 2.24) is 0 Å². The molecule has 0 aliphatic carbocycles. The Kier molecular flexibility index (Phi) is 1.41. The van der Waals surface area contributed by atoms with Gasteiger partial charge in [0.15, 0.2) is 0 Å². The fourth-order valence-electron chi connectivity index (χ4n) is 1.21. The minimum atomic E-state index is 0.701. The van der Waals surface area contributed by atoms with Crippen molar-refractivity contribution in [2.75, 3.05) is 16.1 Å². The Morgan fingerprint density at radius 1 is 1.33 bits per heavy atom. The van der Waals surface area contributed by atoms with Crippen molar-refractivity contribution in [3.8, 4) is 0 Å². The van der Waals surface area contributed by atoms with Gasteiger partial charge in [-0.25, -0.2) is 5.84 Å². The normalized spacial score (nSPS) is 13.9. The first-order valence-corrected chi connectivity index (χ1v) is 3.64. The molecule has 5 N–H and O–H groups in total. The number of hydrogen-bond donors (Lipinski definition) is 3. The standard InChI is InChI=1S/C8H10N4/c9-6-2-1-3-7-8(6)11-4-5-12(7)10/h1-5,11H,9-10H2. The van der Waals surface area contributed by atoms with Crippen LogP contribution in [0.25, 0.3) is 0 Å². The van der Waals surface area contributed by atoms with Crippen LogP contribution in [-0.4, -0.2) is 0 Å². The van der Waals surface area contributed by atoms with E-state index in [-0.39, 0.29) is 0 Å². The number of nitrogen functional groups attached to an aromatic ring is 1. The van der Waals surface area contributed by atoms with E-state index in [1.165, 1.54) is 5.01 Å². The number of rotatable bonds is 0. The molecule has 0 aromatic heterocycles. The third-order valence-electron chi connectivity index (χ3n) is 1.82. The number of benzene rings is 1. The van der Waals surface area contributed by atoms with E-state index in [4.69, 9.17) is 11.6 Å². The Morgan fingerprint density at radius 2 is 2.17 bits per heavy atom. The zero-order valence-electron chi connectivity index (χ0n) is 6.49. The summed E-state index contributed by atoms with van der Waals surface area (Å²) in [5.41, 5.74) is 8.18. The minimum Gasteiger partial charge on any atom is -0.397 e. The molecule has 1 heterocycles. The SMILES string of the molecule is Nc1cccc2c1NC=CN2N. The molecule has 4 heteroatoms. The lowest BCUT2D eigenvalue weighted by Gasteiger charge is -2.23. The summed E-state index contributed by atoms with van der Waals surface area (Å²) in [5, 5.41) is 4.56. The van der Waals surface area contributed by atoms with Crippen molar-refractivity contribution in [2.24, 2.45) is 5.84 Å². The quantitative estimate of drug-likeness (QED) is 0.390. The Balaban J connectivity index is 2.57. The van der Waals surface area contributed by atoms with Gasteiger partial charge in [-0.1, -0.05) is 6.07 Å². The summed E-state index contributed by atoms with van der Waals surface area (Å²) in [6, 6.07) is 5.61. The second-order valence-electron chi connectivity index (χ2n) is 2.61. The van der Waals surface area contributed by atoms with Gasteiger partial charge >= 0.3 is 0 Å². The minimum absolute atomic E-state index is 0.701. The number of fused-ring (bicyclic) bond motifs is 1. The van der Waals surface area contributed by atoms with Crippen LogP contribution >= 0.6 is 0 Å². The molecule has 0 saturated carbocycles. The van der Waals surface area contributed by atoms with E-state index < -0.39 is 0 Å². The number of para-hydroxylation sites is 1. The Bertz CT molecular complexity index is 332. The van der Waals surface area contributed by atoms with Gasteiger partial charge in [-0.05, 0) is 12.1 Å². The van der Waals surface area contributed by atoms with Gasteiger partial charge < -0.3 is 11.1 Å². The maximum absolute atomic E-state index is 5.72. The zero-order valence-corrected chi connectivity index (χ0v) is 6.49. The monoisotopic (exact) mass is 162 g/mol. The van der Waals surface area contributed by atoms with Crippen LogP contribution in [0.5, 0.6) is 0 Å². The first-order valence-electron chi connectivity index (χ1n) is 3.64. The second-order valence-corrected chi connectivity index (χ2v) is 2.61. The fourth-order valence-corrected chi connectivity index (χ4v) is 1.21. The molecule has 1 aromatic rings. The Hall–Kier alpha value is -1.68. The molecule has 62 valence electrons. The van der Waals surface area contributed by atoms with E-state index in [1.54, 1.807) is 12.4 Å². The highest BCUT2D eigenvalue weighted by Crippen LogP contribution is 2.32. The molecule has 0 atom stereocenters. The van der Waals surface area contributed by atoms with Crippen LogP contribution in [0.4, 0.5) is 17.1 Å². The van der Waals surface area contributed by atoms with Gasteiger partial charge in [0, 0.05) is 12.4 Å². The number of hydrogen-bond acceptors (Lipinski definition) is 4. The van der Waals surface area contributed by atoms with Gasteiger partial charge in [-0.3, -0.25) is 5.01 Å². The third kappa shape index (κ3) is 0.895. The number of nitrogens with two attached hydrogens (primary N) is 2. The Morgan fingerprint density at radius 3 is 2.92 bits per heavy atom. The van der Waals surface area contributed by atoms with Gasteiger partial charge in [-0.15, -0.1) is 0 Å². The average molecular weight is 162 g/mol. The predicted molar refractivity (Wildman–Crippen MR) is 50.3 cm³/mol. The van der Waals surface area contributed by atoms with Crippen molar-refractivity contribution >= 4 is 17.1 Å². The van der Waals surface area contributed by atoms with Crippen LogP contribution in [0.15, 0.2) is 30.6 Å². The molecule has 0 saturated heterocycles. The molecular formula is C8H10N4. The summed E-state index contributed by atoms with van der Waals surface area (Å²) in [5.74, 6) is 5.67. The van der Waals surface area contributed by atoms with E-state index in [9.17, 15) is 0 Å². The number of nitrogens with one attached hydrogen (secondary N) is 1. The van der Waals surface area contributed by atoms with Gasteiger partial charge in [0.25, 0.3) is 0 Å². The third-order valence-corrected chi connectivity index (χ3v) is 1.82. The van der Waals surface area contributed by atoms with Crippen LogP contribution in [0.1, 0.15) is 0 Å². The van der Waals surface area contributed by atoms with Crippen molar-refractivity contribution in [2.45, 2.75) is 0 Å². The van der Waals surface area contributed by atoms with E-state index in [0.29, 0.717) is 5.69 Å². The van der Waals surface area contributed by atoms with Gasteiger partial charge in [0.05, 0.1) is 17.1 Å². The molecule has 1 aromatic carbocycles. The van der Waals surface area contributed by atoms with Gasteiger partial charge in [0.2, 0.25) is 0 Å². The van der Waals surface area contributed by atoms with E-state index in [2.05, 4.69) is 5.32 Å². The fraction of sp³-hybridized carbons (Fsp3) is 0. The van der Waals surface area contributed by atoms with Crippen molar-refractivity contribution in [3.05, 3.63) is 30.6 Å². The second kappa shape index (κ2) is 2.42. The van der Waals surface area contributed by atoms with Crippen LogP contribution in [-0.2, 0) is 0 Å². The van der Waals surface area contributed by atoms with Crippen LogP contribution in [0, 0.1) is 0 Å². The number of anilines is 3. The lowest BCUT2D eigenvalue weighted by molar-refractivity contribution is 1.06. The summed E-state index contributed by atoms with van der Waals surface area (Å²) >= 11 is 0. The van der Waals surface area contributed by atoms with Gasteiger partial charge in [0.1, 0.15) is 0 Å². The maximum atomic E-state index is 5.72. The molecule has 0 fully saturated rings. The predicted octanol–water partition coefficient (Wildman–Crippen LogP) is 0.846. The first-order chi connectivity index (χ1) is 5.79. The topological polar surface area (TPSA) is 67.3 Å². The molecule has 0 bridgehead atoms. The summed E-state index contributed by atoms with van der Waals surface area (Å²) < 4.78 is 0. The molecule has 0 spiro atoms. The van der Waals surface area contributed by atoms with E-state index >= 15 is 0 Å². The highest BCUT2D eigenvalue weighted by Gasteiger charge is 2.10. The largest absolute Gasteiger partial charge is 0.397 e. The molecule has 4 nitrogen and oxygen atoms in total. The average Bonchev–Trinajstić information content (AvgIpc) is 2.07. The number of nitrogens with zero attached hydrogens (tertiary/aromatic N) is 1. The molecular weight excluding hydrogens is 152 g/mol. The van der Waals surface area contributed by atoms with Crippen molar-refractivity contribution < 1.29 is 0 Å². The Labute approximate surface area is 70.4 Å². The summed E-state index contributed by atoms with van der Waals surface area (Å²) in [6.45, 7) is 0. The first kappa shape index (κ1) is 7.00. The molecule has 0 unspecified atom stereocenters. The zero-order chi connectivity index (χ0) is 8.55. The summed E-state index contributed by atoms with van der Waals surface area (Å²) in [7, 11) is 0. The molecule has 1 aliphatic heterocycles. The summed E-state index contributed by atoms with van der Waals surface area (Å²) in [6.07, 6.45) is 3.49. The van der Waals surface area contributed by atoms with Crippen molar-refractivity contribution in [1.29, 1.82) is 0 Å². The smallest absolute Gasteiger partial charge is 0.0869 e.